The fourth-order valence-electron chi connectivity index (χ4n) is 1.23. The second-order valence-corrected chi connectivity index (χ2v) is 4.85. The van der Waals surface area contributed by atoms with Gasteiger partial charge in [0.15, 0.2) is 0 Å². The summed E-state index contributed by atoms with van der Waals surface area (Å²) < 4.78 is 1.02. The van der Waals surface area contributed by atoms with Crippen molar-refractivity contribution in [1.29, 1.82) is 0 Å². The van der Waals surface area contributed by atoms with Crippen molar-refractivity contribution in [2.45, 2.75) is 26.8 Å². The predicted octanol–water partition coefficient (Wildman–Crippen LogP) is 3.32. The van der Waals surface area contributed by atoms with Gasteiger partial charge in [0.2, 0.25) is 0 Å². The monoisotopic (exact) mass is 256 g/mol. The first-order valence-electron chi connectivity index (χ1n) is 4.86. The molecule has 1 unspecified atom stereocenters. The van der Waals surface area contributed by atoms with E-state index in [-0.39, 0.29) is 0 Å². The van der Waals surface area contributed by atoms with Crippen molar-refractivity contribution in [3.63, 3.8) is 0 Å². The van der Waals surface area contributed by atoms with Crippen molar-refractivity contribution >= 4 is 21.7 Å². The Morgan fingerprint density at radius 1 is 1.29 bits per heavy atom. The lowest BCUT2D eigenvalue weighted by Gasteiger charge is -2.28. The van der Waals surface area contributed by atoms with Gasteiger partial charge in [-0.15, -0.1) is 0 Å². The second kappa shape index (κ2) is 4.78. The molecule has 78 valence electrons. The van der Waals surface area contributed by atoms with Crippen LogP contribution < -0.4 is 4.90 Å². The molecule has 0 amide bonds. The van der Waals surface area contributed by atoms with E-state index in [1.165, 1.54) is 0 Å². The molecule has 0 N–H and O–H groups in total. The van der Waals surface area contributed by atoms with Gasteiger partial charge < -0.3 is 4.90 Å². The van der Waals surface area contributed by atoms with Gasteiger partial charge in [-0.3, -0.25) is 0 Å². The quantitative estimate of drug-likeness (QED) is 0.825. The van der Waals surface area contributed by atoms with E-state index >= 15 is 0 Å². The molecule has 14 heavy (non-hydrogen) atoms. The van der Waals surface area contributed by atoms with E-state index in [4.69, 9.17) is 0 Å². The van der Waals surface area contributed by atoms with E-state index < -0.39 is 0 Å². The zero-order valence-electron chi connectivity index (χ0n) is 9.16. The Balaban J connectivity index is 2.78. The minimum atomic E-state index is 0.503. The van der Waals surface area contributed by atoms with Crippen molar-refractivity contribution in [3.8, 4) is 0 Å². The van der Waals surface area contributed by atoms with Crippen LogP contribution in [-0.2, 0) is 0 Å². The Morgan fingerprint density at radius 3 is 2.36 bits per heavy atom. The van der Waals surface area contributed by atoms with Crippen molar-refractivity contribution < 1.29 is 0 Å². The first kappa shape index (κ1) is 11.5. The van der Waals surface area contributed by atoms with Crippen LogP contribution in [0.3, 0.4) is 0 Å². The zero-order valence-corrected chi connectivity index (χ0v) is 10.7. The summed E-state index contributed by atoms with van der Waals surface area (Å²) in [5.41, 5.74) is 0. The molecule has 0 saturated carbocycles. The fraction of sp³-hybridized carbons (Fsp3) is 0.545. The van der Waals surface area contributed by atoms with Crippen molar-refractivity contribution in [2.75, 3.05) is 11.9 Å². The molecule has 0 aliphatic heterocycles. The maximum absolute atomic E-state index is 4.36. The molecule has 0 aromatic carbocycles. The van der Waals surface area contributed by atoms with E-state index in [0.717, 1.165) is 10.3 Å². The van der Waals surface area contributed by atoms with Crippen LogP contribution in [0.15, 0.2) is 22.8 Å². The van der Waals surface area contributed by atoms with Gasteiger partial charge in [-0.05, 0) is 40.9 Å². The number of hydrogen-bond donors (Lipinski definition) is 0. The Hall–Kier alpha value is -0.570. The van der Waals surface area contributed by atoms with Crippen molar-refractivity contribution in [1.82, 2.24) is 4.98 Å². The molecule has 1 heterocycles. The topological polar surface area (TPSA) is 16.1 Å². The van der Waals surface area contributed by atoms with E-state index in [9.17, 15) is 0 Å². The molecule has 0 aliphatic carbocycles. The molecular formula is C11H17BrN2. The van der Waals surface area contributed by atoms with Crippen LogP contribution in [0.1, 0.15) is 20.8 Å². The van der Waals surface area contributed by atoms with Crippen LogP contribution in [-0.4, -0.2) is 18.1 Å². The first-order valence-corrected chi connectivity index (χ1v) is 5.66. The van der Waals surface area contributed by atoms with Gasteiger partial charge in [-0.25, -0.2) is 4.98 Å². The summed E-state index contributed by atoms with van der Waals surface area (Å²) in [5, 5.41) is 0. The van der Waals surface area contributed by atoms with Gasteiger partial charge in [0.05, 0.1) is 0 Å². The van der Waals surface area contributed by atoms with Crippen LogP contribution in [0.2, 0.25) is 0 Å². The van der Waals surface area contributed by atoms with Crippen molar-refractivity contribution in [3.05, 3.63) is 22.8 Å². The number of halogens is 1. The van der Waals surface area contributed by atoms with Gasteiger partial charge in [0.1, 0.15) is 5.82 Å². The van der Waals surface area contributed by atoms with Crippen LogP contribution in [0.4, 0.5) is 5.82 Å². The number of nitrogens with zero attached hydrogens (tertiary/aromatic N) is 2. The van der Waals surface area contributed by atoms with Gasteiger partial charge in [0.25, 0.3) is 0 Å². The lowest BCUT2D eigenvalue weighted by molar-refractivity contribution is 0.503. The van der Waals surface area contributed by atoms with Gasteiger partial charge in [-0.1, -0.05) is 13.8 Å². The lowest BCUT2D eigenvalue weighted by atomic mass is 10.1. The number of anilines is 1. The van der Waals surface area contributed by atoms with Gasteiger partial charge in [0, 0.05) is 23.8 Å². The molecule has 2 nitrogen and oxygen atoms in total. The average Bonchev–Trinajstić information content (AvgIpc) is 2.16. The third-order valence-corrected chi connectivity index (χ3v) is 3.12. The largest absolute Gasteiger partial charge is 0.357 e. The Bertz CT molecular complexity index is 282. The molecule has 0 bridgehead atoms. The SMILES string of the molecule is CC(C)C(C)N(C)c1ccc(Br)cn1. The molecule has 3 heteroatoms. The van der Waals surface area contributed by atoms with Crippen molar-refractivity contribution in [2.24, 2.45) is 5.92 Å². The normalized spacial score (nSPS) is 13.0. The summed E-state index contributed by atoms with van der Waals surface area (Å²) in [6.07, 6.45) is 1.83. The summed E-state index contributed by atoms with van der Waals surface area (Å²) in [5.74, 6) is 1.65. The third kappa shape index (κ3) is 2.71. The van der Waals surface area contributed by atoms with E-state index in [0.29, 0.717) is 12.0 Å². The Morgan fingerprint density at radius 2 is 1.93 bits per heavy atom. The maximum Gasteiger partial charge on any atom is 0.128 e. The summed E-state index contributed by atoms with van der Waals surface area (Å²) in [6, 6.07) is 4.55. The molecule has 0 spiro atoms. The van der Waals surface area contributed by atoms with E-state index in [1.54, 1.807) is 0 Å². The predicted molar refractivity (Wildman–Crippen MR) is 64.6 cm³/mol. The minimum absolute atomic E-state index is 0.503. The molecule has 1 aromatic heterocycles. The standard InChI is InChI=1S/C11H17BrN2/c1-8(2)9(3)14(4)11-6-5-10(12)7-13-11/h5-9H,1-4H3. The van der Waals surface area contributed by atoms with E-state index in [2.05, 4.69) is 53.6 Å². The van der Waals surface area contributed by atoms with Gasteiger partial charge in [-0.2, -0.15) is 0 Å². The smallest absolute Gasteiger partial charge is 0.128 e. The molecule has 1 aromatic rings. The van der Waals surface area contributed by atoms with Crippen LogP contribution in [0.25, 0.3) is 0 Å². The average molecular weight is 257 g/mol. The highest BCUT2D eigenvalue weighted by molar-refractivity contribution is 9.10. The Kier molecular flexibility index (Phi) is 3.93. The second-order valence-electron chi connectivity index (χ2n) is 3.93. The molecule has 0 aliphatic rings. The molecule has 0 fully saturated rings. The highest BCUT2D eigenvalue weighted by Crippen LogP contribution is 2.18. The number of hydrogen-bond acceptors (Lipinski definition) is 2. The zero-order chi connectivity index (χ0) is 10.7. The third-order valence-electron chi connectivity index (χ3n) is 2.65. The first-order chi connectivity index (χ1) is 6.52. The molecule has 0 saturated heterocycles. The summed E-state index contributed by atoms with van der Waals surface area (Å²) >= 11 is 3.38. The van der Waals surface area contributed by atoms with Crippen LogP contribution in [0, 0.1) is 5.92 Å². The number of rotatable bonds is 3. The molecule has 1 atom stereocenters. The number of aromatic nitrogens is 1. The summed E-state index contributed by atoms with van der Waals surface area (Å²) in [7, 11) is 2.08. The molecule has 1 rings (SSSR count). The van der Waals surface area contributed by atoms with Gasteiger partial charge >= 0.3 is 0 Å². The molecular weight excluding hydrogens is 240 g/mol. The highest BCUT2D eigenvalue weighted by atomic mass is 79.9. The van der Waals surface area contributed by atoms with Crippen LogP contribution >= 0.6 is 15.9 Å². The lowest BCUT2D eigenvalue weighted by Crippen LogP contribution is -2.33. The summed E-state index contributed by atoms with van der Waals surface area (Å²) in [4.78, 5) is 6.57. The Labute approximate surface area is 94.5 Å². The van der Waals surface area contributed by atoms with E-state index in [1.807, 2.05) is 18.3 Å². The summed E-state index contributed by atoms with van der Waals surface area (Å²) in [6.45, 7) is 6.66. The van der Waals surface area contributed by atoms with Crippen LogP contribution in [0.5, 0.6) is 0 Å². The highest BCUT2D eigenvalue weighted by Gasteiger charge is 2.13. The maximum atomic E-state index is 4.36. The number of pyridine rings is 1. The molecule has 0 radical (unpaired) electrons. The minimum Gasteiger partial charge on any atom is -0.357 e. The fourth-order valence-corrected chi connectivity index (χ4v) is 1.47.